The van der Waals surface area contributed by atoms with Gasteiger partial charge in [0.15, 0.2) is 5.17 Å². The Morgan fingerprint density at radius 2 is 1.76 bits per heavy atom. The van der Waals surface area contributed by atoms with Gasteiger partial charge in [0.05, 0.1) is 31.0 Å². The fourth-order valence-corrected chi connectivity index (χ4v) is 4.61. The molecule has 2 aliphatic heterocycles. The van der Waals surface area contributed by atoms with E-state index in [0.29, 0.717) is 11.3 Å². The number of hydrogen-bond acceptors (Lipinski definition) is 11. The Morgan fingerprint density at radius 1 is 1.03 bits per heavy atom. The second-order valence-electron chi connectivity index (χ2n) is 6.84. The van der Waals surface area contributed by atoms with Gasteiger partial charge < -0.3 is 25.4 Å². The second kappa shape index (κ2) is 11.7. The largest absolute Gasteiger partial charge is 0.469 e. The number of carbonyl (C=O) groups is 5. The molecular formula is C20H21N5O7S2. The molecule has 1 aromatic carbocycles. The van der Waals surface area contributed by atoms with Crippen molar-refractivity contribution in [3.8, 4) is 0 Å². The summed E-state index contributed by atoms with van der Waals surface area (Å²) in [5.41, 5.74) is 0.826. The van der Waals surface area contributed by atoms with Gasteiger partial charge in [0.2, 0.25) is 11.8 Å². The van der Waals surface area contributed by atoms with E-state index in [0.717, 1.165) is 23.5 Å². The van der Waals surface area contributed by atoms with Crippen LogP contribution >= 0.6 is 23.5 Å². The van der Waals surface area contributed by atoms with Gasteiger partial charge in [-0.3, -0.25) is 19.2 Å². The monoisotopic (exact) mass is 507 g/mol. The van der Waals surface area contributed by atoms with Gasteiger partial charge in [-0.05, 0) is 31.2 Å². The van der Waals surface area contributed by atoms with Crippen molar-refractivity contribution in [1.82, 2.24) is 10.6 Å². The molecule has 0 aliphatic carbocycles. The predicted molar refractivity (Wildman–Crippen MR) is 127 cm³/mol. The fraction of sp³-hybridized carbons (Fsp3) is 0.350. The lowest BCUT2D eigenvalue weighted by molar-refractivity contribution is -0.140. The normalized spacial score (nSPS) is 21.8. The average molecular weight is 508 g/mol. The Labute approximate surface area is 202 Å². The molecule has 1 aromatic rings. The first-order chi connectivity index (χ1) is 16.3. The van der Waals surface area contributed by atoms with Crippen LogP contribution in [0.4, 0.5) is 10.5 Å². The van der Waals surface area contributed by atoms with E-state index in [-0.39, 0.29) is 35.7 Å². The van der Waals surface area contributed by atoms with Gasteiger partial charge in [-0.1, -0.05) is 23.5 Å². The number of hydrogen-bond donors (Lipinski definition) is 3. The highest BCUT2D eigenvalue weighted by Crippen LogP contribution is 2.25. The Hall–Kier alpha value is -3.39. The van der Waals surface area contributed by atoms with E-state index >= 15 is 0 Å². The van der Waals surface area contributed by atoms with Gasteiger partial charge in [-0.25, -0.2) is 4.79 Å². The molecular weight excluding hydrogens is 486 g/mol. The minimum absolute atomic E-state index is 0.0628. The van der Waals surface area contributed by atoms with E-state index in [1.807, 2.05) is 0 Å². The Bertz CT molecular complexity index is 1060. The van der Waals surface area contributed by atoms with Crippen LogP contribution in [-0.2, 0) is 23.9 Å². The van der Waals surface area contributed by atoms with Gasteiger partial charge in [0.1, 0.15) is 11.1 Å². The molecule has 0 bridgehead atoms. The molecule has 2 atom stereocenters. The van der Waals surface area contributed by atoms with E-state index < -0.39 is 34.3 Å². The molecule has 2 unspecified atom stereocenters. The number of benzene rings is 1. The summed E-state index contributed by atoms with van der Waals surface area (Å²) >= 11 is 1.91. The van der Waals surface area contributed by atoms with Crippen molar-refractivity contribution in [3.05, 3.63) is 29.8 Å². The zero-order valence-corrected chi connectivity index (χ0v) is 19.8. The molecule has 0 radical (unpaired) electrons. The van der Waals surface area contributed by atoms with Crippen LogP contribution in [0.3, 0.4) is 0 Å². The van der Waals surface area contributed by atoms with E-state index in [9.17, 15) is 24.0 Å². The maximum atomic E-state index is 12.4. The third kappa shape index (κ3) is 6.81. The Balaban J connectivity index is 1.56. The first-order valence-electron chi connectivity index (χ1n) is 10.0. The summed E-state index contributed by atoms with van der Waals surface area (Å²) in [5.74, 6) is -1.59. The summed E-state index contributed by atoms with van der Waals surface area (Å²) < 4.78 is 9.51. The van der Waals surface area contributed by atoms with Gasteiger partial charge >= 0.3 is 11.9 Å². The maximum absolute atomic E-state index is 12.4. The minimum atomic E-state index is -0.726. The van der Waals surface area contributed by atoms with Crippen LogP contribution in [0.1, 0.15) is 30.1 Å². The highest BCUT2D eigenvalue weighted by Gasteiger charge is 2.34. The zero-order valence-electron chi connectivity index (χ0n) is 18.2. The van der Waals surface area contributed by atoms with Crippen LogP contribution in [0.25, 0.3) is 0 Å². The third-order valence-corrected chi connectivity index (χ3v) is 6.50. The van der Waals surface area contributed by atoms with Gasteiger partial charge in [0, 0.05) is 12.1 Å². The van der Waals surface area contributed by atoms with Gasteiger partial charge in [-0.2, -0.15) is 0 Å². The van der Waals surface area contributed by atoms with Crippen molar-refractivity contribution in [3.63, 3.8) is 0 Å². The number of rotatable bonds is 8. The van der Waals surface area contributed by atoms with Crippen LogP contribution in [0.5, 0.6) is 0 Å². The van der Waals surface area contributed by atoms with Crippen LogP contribution in [0.15, 0.2) is 34.5 Å². The van der Waals surface area contributed by atoms with Crippen LogP contribution < -0.4 is 16.0 Å². The first kappa shape index (κ1) is 25.2. The number of esters is 2. The number of amides is 3. The molecule has 3 rings (SSSR count). The summed E-state index contributed by atoms with van der Waals surface area (Å²) in [4.78, 5) is 59.4. The van der Waals surface area contributed by atoms with Crippen molar-refractivity contribution >= 4 is 69.2 Å². The highest BCUT2D eigenvalue weighted by molar-refractivity contribution is 8.15. The number of nitrogens with one attached hydrogen (secondary N) is 3. The number of thioether (sulfide) groups is 2. The van der Waals surface area contributed by atoms with E-state index in [1.165, 1.54) is 19.2 Å². The van der Waals surface area contributed by atoms with E-state index in [1.54, 1.807) is 19.1 Å². The predicted octanol–water partition coefficient (Wildman–Crippen LogP) is 1.48. The quantitative estimate of drug-likeness (QED) is 0.349. The minimum Gasteiger partial charge on any atom is -0.469 e. The number of nitrogens with zero attached hydrogens (tertiary/aromatic N) is 2. The molecule has 2 fully saturated rings. The van der Waals surface area contributed by atoms with Crippen LogP contribution in [0.2, 0.25) is 0 Å². The number of ether oxygens (including phenoxy) is 2. The summed E-state index contributed by atoms with van der Waals surface area (Å²) in [6.45, 7) is 1.97. The highest BCUT2D eigenvalue weighted by atomic mass is 32.2. The second-order valence-corrected chi connectivity index (χ2v) is 9.20. The van der Waals surface area contributed by atoms with Crippen molar-refractivity contribution in [1.29, 1.82) is 0 Å². The van der Waals surface area contributed by atoms with E-state index in [2.05, 4.69) is 30.9 Å². The molecule has 3 N–H and O–H groups in total. The Morgan fingerprint density at radius 3 is 2.44 bits per heavy atom. The number of amidine groups is 2. The number of carbonyl (C=O) groups excluding carboxylic acids is 5. The topological polar surface area (TPSA) is 165 Å². The molecule has 34 heavy (non-hydrogen) atoms. The van der Waals surface area contributed by atoms with Crippen molar-refractivity contribution in [2.75, 3.05) is 19.0 Å². The smallest absolute Gasteiger partial charge is 0.338 e. The molecule has 12 nitrogen and oxygen atoms in total. The summed E-state index contributed by atoms with van der Waals surface area (Å²) in [5, 5.41) is 14.1. The molecule has 2 saturated heterocycles. The molecule has 2 heterocycles. The van der Waals surface area contributed by atoms with Crippen molar-refractivity contribution in [2.24, 2.45) is 10.2 Å². The lowest BCUT2D eigenvalue weighted by Crippen LogP contribution is -2.28. The SMILES string of the molecule is CCOC(=O)c1ccc(NC(=O)CC2S/C(=N/N=C3/NC(=O)SC3CC(=O)OC)NC2=O)cc1. The summed E-state index contributed by atoms with van der Waals surface area (Å²) in [6.07, 6.45) is -0.185. The molecule has 14 heteroatoms. The van der Waals surface area contributed by atoms with Gasteiger partial charge in [-0.15, -0.1) is 10.2 Å². The number of anilines is 1. The van der Waals surface area contributed by atoms with Crippen molar-refractivity contribution < 1.29 is 33.4 Å². The molecule has 0 aromatic heterocycles. The maximum Gasteiger partial charge on any atom is 0.338 e. The lowest BCUT2D eigenvalue weighted by Gasteiger charge is -2.08. The van der Waals surface area contributed by atoms with Crippen LogP contribution in [0, 0.1) is 0 Å². The van der Waals surface area contributed by atoms with E-state index in [4.69, 9.17) is 4.74 Å². The van der Waals surface area contributed by atoms with Crippen molar-refractivity contribution in [2.45, 2.75) is 30.3 Å². The average Bonchev–Trinajstić information content (AvgIpc) is 3.33. The molecule has 3 amide bonds. The fourth-order valence-electron chi connectivity index (χ4n) is 2.83. The summed E-state index contributed by atoms with van der Waals surface area (Å²) in [7, 11) is 1.24. The first-order valence-corrected chi connectivity index (χ1v) is 11.8. The third-order valence-electron chi connectivity index (χ3n) is 4.44. The molecule has 0 saturated carbocycles. The molecule has 2 aliphatic rings. The zero-order chi connectivity index (χ0) is 24.7. The van der Waals surface area contributed by atoms with Crippen LogP contribution in [-0.4, -0.2) is 64.2 Å². The molecule has 180 valence electrons. The Kier molecular flexibility index (Phi) is 8.65. The lowest BCUT2D eigenvalue weighted by atomic mass is 10.2. The summed E-state index contributed by atoms with van der Waals surface area (Å²) in [6, 6.07) is 6.19. The standard InChI is InChI=1S/C20H21N5O7S2/c1-3-32-18(29)10-4-6-11(7-5-10)21-14(26)8-13-17(28)23-19(33-13)25-24-16-12(9-15(27)31-2)34-20(30)22-16/h4-7,12-13H,3,8-9H2,1-2H3,(H,21,26)(H,22,24,30)(H,23,25,28). The number of methoxy groups -OCH3 is 1. The molecule has 0 spiro atoms. The van der Waals surface area contributed by atoms with Gasteiger partial charge in [0.25, 0.3) is 5.24 Å².